The van der Waals surface area contributed by atoms with Crippen molar-refractivity contribution >= 4 is 29.1 Å². The first-order valence-electron chi connectivity index (χ1n) is 6.04. The molecule has 0 atom stereocenters. The Balaban J connectivity index is 1.66. The molecule has 0 aliphatic heterocycles. The molecule has 3 aromatic rings. The molecule has 21 heavy (non-hydrogen) atoms. The highest BCUT2D eigenvalue weighted by Gasteiger charge is 2.11. The molecule has 0 spiro atoms. The van der Waals surface area contributed by atoms with Crippen molar-refractivity contribution < 1.29 is 14.3 Å². The lowest BCUT2D eigenvalue weighted by Gasteiger charge is -1.95. The van der Waals surface area contributed by atoms with E-state index in [0.29, 0.717) is 10.8 Å². The summed E-state index contributed by atoms with van der Waals surface area (Å²) < 4.78 is 5.18. The van der Waals surface area contributed by atoms with Gasteiger partial charge in [-0.3, -0.25) is 4.98 Å². The van der Waals surface area contributed by atoms with Gasteiger partial charge >= 0.3 is 5.97 Å². The molecular weight excluding hydrogens is 308 g/mol. The standard InChI is InChI=1S/C14H10N2O3S2/c17-14(18)11-4-5-12(19-11)20-7-9-8-21-13(16-9)10-3-1-2-6-15-10/h1-6,8H,7H2,(H,17,18). The van der Waals surface area contributed by atoms with Gasteiger partial charge in [0.1, 0.15) is 5.01 Å². The van der Waals surface area contributed by atoms with Crippen LogP contribution in [0.15, 0.2) is 51.4 Å². The molecule has 1 N–H and O–H groups in total. The molecule has 7 heteroatoms. The van der Waals surface area contributed by atoms with Gasteiger partial charge in [-0.25, -0.2) is 9.78 Å². The van der Waals surface area contributed by atoms with Gasteiger partial charge in [0, 0.05) is 17.3 Å². The summed E-state index contributed by atoms with van der Waals surface area (Å²) in [5.41, 5.74) is 1.77. The number of nitrogens with zero attached hydrogens (tertiary/aromatic N) is 2. The van der Waals surface area contributed by atoms with Crippen molar-refractivity contribution in [1.29, 1.82) is 0 Å². The number of rotatable bonds is 5. The maximum Gasteiger partial charge on any atom is 0.371 e. The van der Waals surface area contributed by atoms with Crippen molar-refractivity contribution in [2.45, 2.75) is 10.8 Å². The van der Waals surface area contributed by atoms with Crippen molar-refractivity contribution in [2.75, 3.05) is 0 Å². The molecule has 3 aromatic heterocycles. The number of hydrogen-bond acceptors (Lipinski definition) is 6. The number of aromatic carboxylic acids is 1. The van der Waals surface area contributed by atoms with E-state index in [1.807, 2.05) is 23.6 Å². The molecule has 3 heterocycles. The maximum absolute atomic E-state index is 10.7. The molecule has 5 nitrogen and oxygen atoms in total. The largest absolute Gasteiger partial charge is 0.475 e. The second kappa shape index (κ2) is 6.11. The molecule has 0 amide bonds. The second-order valence-corrected chi connectivity index (χ2v) is 5.91. The van der Waals surface area contributed by atoms with Crippen LogP contribution in [-0.4, -0.2) is 21.0 Å². The van der Waals surface area contributed by atoms with Crippen LogP contribution in [0, 0.1) is 0 Å². The predicted octanol–water partition coefficient (Wildman–Crippen LogP) is 3.79. The van der Waals surface area contributed by atoms with E-state index in [1.54, 1.807) is 12.3 Å². The van der Waals surface area contributed by atoms with Crippen LogP contribution in [0.3, 0.4) is 0 Å². The Morgan fingerprint density at radius 1 is 1.33 bits per heavy atom. The first kappa shape index (κ1) is 13.8. The molecule has 0 unspecified atom stereocenters. The Bertz CT molecular complexity index is 752. The van der Waals surface area contributed by atoms with Crippen LogP contribution in [-0.2, 0) is 5.75 Å². The molecule has 0 bridgehead atoms. The van der Waals surface area contributed by atoms with E-state index in [2.05, 4.69) is 9.97 Å². The molecule has 0 aliphatic rings. The summed E-state index contributed by atoms with van der Waals surface area (Å²) in [6.45, 7) is 0. The number of carbonyl (C=O) groups is 1. The van der Waals surface area contributed by atoms with Crippen LogP contribution in [0.2, 0.25) is 0 Å². The number of carboxylic acid groups (broad SMARTS) is 1. The predicted molar refractivity (Wildman–Crippen MR) is 80.6 cm³/mol. The van der Waals surface area contributed by atoms with Gasteiger partial charge in [0.25, 0.3) is 0 Å². The van der Waals surface area contributed by atoms with Crippen LogP contribution in [0.4, 0.5) is 0 Å². The third-order valence-electron chi connectivity index (χ3n) is 2.59. The molecule has 3 rings (SSSR count). The Morgan fingerprint density at radius 2 is 2.24 bits per heavy atom. The maximum atomic E-state index is 10.7. The molecule has 0 aromatic carbocycles. The van der Waals surface area contributed by atoms with Gasteiger partial charge in [-0.15, -0.1) is 11.3 Å². The van der Waals surface area contributed by atoms with Gasteiger partial charge in [-0.05, 0) is 24.3 Å². The Kier molecular flexibility index (Phi) is 4.03. The number of furan rings is 1. The minimum absolute atomic E-state index is 0.0510. The number of hydrogen-bond donors (Lipinski definition) is 1. The molecule has 0 aliphatic carbocycles. The number of thioether (sulfide) groups is 1. The van der Waals surface area contributed by atoms with E-state index >= 15 is 0 Å². The van der Waals surface area contributed by atoms with Crippen LogP contribution >= 0.6 is 23.1 Å². The quantitative estimate of drug-likeness (QED) is 0.721. The molecule has 106 valence electrons. The van der Waals surface area contributed by atoms with E-state index in [4.69, 9.17) is 9.52 Å². The van der Waals surface area contributed by atoms with E-state index in [9.17, 15) is 4.79 Å². The Morgan fingerprint density at radius 3 is 2.95 bits per heavy atom. The SMILES string of the molecule is O=C(O)c1ccc(SCc2csc(-c3ccccn3)n2)o1. The summed E-state index contributed by atoms with van der Waals surface area (Å²) in [6.07, 6.45) is 1.74. The third-order valence-corrected chi connectivity index (χ3v) is 4.45. The number of thiazole rings is 1. The number of aromatic nitrogens is 2. The monoisotopic (exact) mass is 318 g/mol. The van der Waals surface area contributed by atoms with E-state index < -0.39 is 5.97 Å². The van der Waals surface area contributed by atoms with E-state index in [0.717, 1.165) is 16.4 Å². The summed E-state index contributed by atoms with van der Waals surface area (Å²) in [5.74, 6) is -0.492. The topological polar surface area (TPSA) is 76.2 Å². The molecule has 0 fully saturated rings. The van der Waals surface area contributed by atoms with Crippen LogP contribution in [0.25, 0.3) is 10.7 Å². The van der Waals surface area contributed by atoms with Crippen molar-refractivity contribution in [3.8, 4) is 10.7 Å². The lowest BCUT2D eigenvalue weighted by atomic mass is 10.4. The second-order valence-electron chi connectivity index (χ2n) is 4.07. The Labute approximate surface area is 128 Å². The first-order chi connectivity index (χ1) is 10.2. The van der Waals surface area contributed by atoms with Crippen LogP contribution in [0.1, 0.15) is 16.2 Å². The fourth-order valence-electron chi connectivity index (χ4n) is 1.64. The molecule has 0 saturated carbocycles. The summed E-state index contributed by atoms with van der Waals surface area (Å²) in [7, 11) is 0. The summed E-state index contributed by atoms with van der Waals surface area (Å²) in [5, 5.41) is 12.2. The minimum atomic E-state index is -1.06. The van der Waals surface area contributed by atoms with Crippen LogP contribution in [0.5, 0.6) is 0 Å². The summed E-state index contributed by atoms with van der Waals surface area (Å²) in [4.78, 5) is 19.5. The van der Waals surface area contributed by atoms with Crippen molar-refractivity contribution in [2.24, 2.45) is 0 Å². The van der Waals surface area contributed by atoms with Gasteiger partial charge in [-0.1, -0.05) is 17.8 Å². The normalized spacial score (nSPS) is 10.7. The van der Waals surface area contributed by atoms with Gasteiger partial charge < -0.3 is 9.52 Å². The van der Waals surface area contributed by atoms with Gasteiger partial charge in [-0.2, -0.15) is 0 Å². The third kappa shape index (κ3) is 3.32. The lowest BCUT2D eigenvalue weighted by molar-refractivity contribution is 0.0656. The number of pyridine rings is 1. The fourth-order valence-corrected chi connectivity index (χ4v) is 3.29. The molecule has 0 saturated heterocycles. The average Bonchev–Trinajstić information content (AvgIpc) is 3.15. The zero-order valence-corrected chi connectivity index (χ0v) is 12.4. The van der Waals surface area contributed by atoms with Crippen LogP contribution < -0.4 is 0 Å². The van der Waals surface area contributed by atoms with Crippen molar-refractivity contribution in [3.05, 3.63) is 53.4 Å². The highest BCUT2D eigenvalue weighted by molar-refractivity contribution is 7.98. The lowest BCUT2D eigenvalue weighted by Crippen LogP contribution is -1.91. The highest BCUT2D eigenvalue weighted by Crippen LogP contribution is 2.28. The Hall–Kier alpha value is -2.12. The minimum Gasteiger partial charge on any atom is -0.475 e. The van der Waals surface area contributed by atoms with Crippen molar-refractivity contribution in [1.82, 2.24) is 9.97 Å². The van der Waals surface area contributed by atoms with Gasteiger partial charge in [0.05, 0.1) is 11.4 Å². The van der Waals surface area contributed by atoms with E-state index in [-0.39, 0.29) is 5.76 Å². The fraction of sp³-hybridized carbons (Fsp3) is 0.0714. The zero-order valence-electron chi connectivity index (χ0n) is 10.7. The number of carboxylic acids is 1. The highest BCUT2D eigenvalue weighted by atomic mass is 32.2. The molecule has 0 radical (unpaired) electrons. The molecular formula is C14H10N2O3S2. The average molecular weight is 318 g/mol. The first-order valence-corrected chi connectivity index (χ1v) is 7.90. The van der Waals surface area contributed by atoms with Gasteiger partial charge in [0.2, 0.25) is 5.76 Å². The zero-order chi connectivity index (χ0) is 14.7. The smallest absolute Gasteiger partial charge is 0.371 e. The van der Waals surface area contributed by atoms with E-state index in [1.165, 1.54) is 29.2 Å². The summed E-state index contributed by atoms with van der Waals surface area (Å²) in [6, 6.07) is 8.81. The van der Waals surface area contributed by atoms with Crippen molar-refractivity contribution in [3.63, 3.8) is 0 Å². The summed E-state index contributed by atoms with van der Waals surface area (Å²) >= 11 is 2.95. The van der Waals surface area contributed by atoms with Gasteiger partial charge in [0.15, 0.2) is 5.09 Å².